The molecule has 0 unspecified atom stereocenters. The highest BCUT2D eigenvalue weighted by molar-refractivity contribution is 6.33. The zero-order chi connectivity index (χ0) is 17.2. The molecule has 0 atom stereocenters. The molecule has 4 rings (SSSR count). The molecule has 3 aromatic rings. The standard InChI is InChI=1S/C19H19ClN4O/c20-16-3-1-13(11-21)9-15(16)14-2-4-17-18(10-14)23-19(12-22-17)24-5-7-25-8-6-24/h1-4,9-10,12H,5-8,11,21H2. The van der Waals surface area contributed by atoms with Crippen LogP contribution in [0.1, 0.15) is 5.56 Å². The predicted octanol–water partition coefficient (Wildman–Crippen LogP) is 3.25. The van der Waals surface area contributed by atoms with Gasteiger partial charge in [0.1, 0.15) is 5.82 Å². The molecular formula is C19H19ClN4O. The lowest BCUT2D eigenvalue weighted by atomic mass is 10.0. The third-order valence-electron chi connectivity index (χ3n) is 4.44. The Labute approximate surface area is 151 Å². The van der Waals surface area contributed by atoms with Crippen molar-refractivity contribution in [2.24, 2.45) is 5.73 Å². The Morgan fingerprint density at radius 1 is 1.08 bits per heavy atom. The van der Waals surface area contributed by atoms with Gasteiger partial charge in [0.25, 0.3) is 0 Å². The molecule has 2 aromatic carbocycles. The van der Waals surface area contributed by atoms with Crippen LogP contribution in [-0.4, -0.2) is 36.3 Å². The lowest BCUT2D eigenvalue weighted by molar-refractivity contribution is 0.122. The summed E-state index contributed by atoms with van der Waals surface area (Å²) in [4.78, 5) is 11.5. The number of hydrogen-bond donors (Lipinski definition) is 1. The fourth-order valence-electron chi connectivity index (χ4n) is 3.03. The van der Waals surface area contributed by atoms with Crippen LogP contribution in [0.3, 0.4) is 0 Å². The smallest absolute Gasteiger partial charge is 0.148 e. The Morgan fingerprint density at radius 2 is 1.92 bits per heavy atom. The first-order valence-corrected chi connectivity index (χ1v) is 8.71. The van der Waals surface area contributed by atoms with E-state index < -0.39 is 0 Å². The molecule has 0 aliphatic carbocycles. The minimum atomic E-state index is 0.485. The summed E-state index contributed by atoms with van der Waals surface area (Å²) in [5.74, 6) is 0.884. The number of fused-ring (bicyclic) bond motifs is 1. The van der Waals surface area contributed by atoms with Gasteiger partial charge in [-0.15, -0.1) is 0 Å². The van der Waals surface area contributed by atoms with E-state index in [0.717, 1.165) is 59.8 Å². The minimum absolute atomic E-state index is 0.485. The lowest BCUT2D eigenvalue weighted by Crippen LogP contribution is -2.36. The molecule has 0 radical (unpaired) electrons. The number of anilines is 1. The van der Waals surface area contributed by atoms with E-state index in [0.29, 0.717) is 11.6 Å². The van der Waals surface area contributed by atoms with Crippen molar-refractivity contribution in [3.05, 3.63) is 53.2 Å². The molecular weight excluding hydrogens is 336 g/mol. The second kappa shape index (κ2) is 6.96. The van der Waals surface area contributed by atoms with E-state index in [1.54, 1.807) is 0 Å². The lowest BCUT2D eigenvalue weighted by Gasteiger charge is -2.27. The highest BCUT2D eigenvalue weighted by atomic mass is 35.5. The van der Waals surface area contributed by atoms with Crippen molar-refractivity contribution < 1.29 is 4.74 Å². The Balaban J connectivity index is 1.76. The van der Waals surface area contributed by atoms with Crippen LogP contribution in [-0.2, 0) is 11.3 Å². The van der Waals surface area contributed by atoms with Gasteiger partial charge in [-0.3, -0.25) is 4.98 Å². The molecule has 2 N–H and O–H groups in total. The van der Waals surface area contributed by atoms with Crippen LogP contribution in [0.15, 0.2) is 42.6 Å². The van der Waals surface area contributed by atoms with Gasteiger partial charge >= 0.3 is 0 Å². The molecule has 2 heterocycles. The van der Waals surface area contributed by atoms with Crippen LogP contribution in [0.5, 0.6) is 0 Å². The van der Waals surface area contributed by atoms with E-state index in [-0.39, 0.29) is 0 Å². The molecule has 5 nitrogen and oxygen atoms in total. The fourth-order valence-corrected chi connectivity index (χ4v) is 3.26. The van der Waals surface area contributed by atoms with Gasteiger partial charge in [-0.25, -0.2) is 4.98 Å². The van der Waals surface area contributed by atoms with Crippen molar-refractivity contribution in [2.75, 3.05) is 31.2 Å². The second-order valence-corrected chi connectivity index (χ2v) is 6.46. The zero-order valence-electron chi connectivity index (χ0n) is 13.8. The summed E-state index contributed by atoms with van der Waals surface area (Å²) in [5.41, 5.74) is 10.5. The second-order valence-electron chi connectivity index (χ2n) is 6.05. The van der Waals surface area contributed by atoms with Crippen molar-refractivity contribution in [1.29, 1.82) is 0 Å². The number of benzene rings is 2. The predicted molar refractivity (Wildman–Crippen MR) is 101 cm³/mol. The minimum Gasteiger partial charge on any atom is -0.378 e. The summed E-state index contributed by atoms with van der Waals surface area (Å²) < 4.78 is 5.41. The number of ether oxygens (including phenoxy) is 1. The quantitative estimate of drug-likeness (QED) is 0.782. The van der Waals surface area contributed by atoms with Gasteiger partial charge < -0.3 is 15.4 Å². The zero-order valence-corrected chi connectivity index (χ0v) is 14.5. The first kappa shape index (κ1) is 16.3. The number of hydrogen-bond acceptors (Lipinski definition) is 5. The highest BCUT2D eigenvalue weighted by Gasteiger charge is 2.14. The molecule has 1 aliphatic heterocycles. The summed E-state index contributed by atoms with van der Waals surface area (Å²) in [5, 5.41) is 0.703. The van der Waals surface area contributed by atoms with E-state index in [2.05, 4.69) is 9.88 Å². The number of nitrogens with two attached hydrogens (primary N) is 1. The maximum Gasteiger partial charge on any atom is 0.148 e. The van der Waals surface area contributed by atoms with Crippen LogP contribution in [0, 0.1) is 0 Å². The van der Waals surface area contributed by atoms with Crippen LogP contribution in [0.2, 0.25) is 5.02 Å². The number of halogens is 1. The van der Waals surface area contributed by atoms with Crippen molar-refractivity contribution >= 4 is 28.5 Å². The van der Waals surface area contributed by atoms with Gasteiger partial charge in [-0.2, -0.15) is 0 Å². The number of nitrogens with zero attached hydrogens (tertiary/aromatic N) is 3. The maximum absolute atomic E-state index is 6.39. The molecule has 6 heteroatoms. The Hall–Kier alpha value is -2.21. The van der Waals surface area contributed by atoms with Crippen molar-refractivity contribution in [2.45, 2.75) is 6.54 Å². The third kappa shape index (κ3) is 3.31. The van der Waals surface area contributed by atoms with Gasteiger partial charge in [0.2, 0.25) is 0 Å². The summed E-state index contributed by atoms with van der Waals surface area (Å²) in [6.45, 7) is 3.61. The molecule has 0 saturated carbocycles. The first-order valence-electron chi connectivity index (χ1n) is 8.33. The molecule has 0 bridgehead atoms. The summed E-state index contributed by atoms with van der Waals surface area (Å²) in [6.07, 6.45) is 1.83. The van der Waals surface area contributed by atoms with Crippen molar-refractivity contribution in [3.63, 3.8) is 0 Å². The SMILES string of the molecule is NCc1ccc(Cl)c(-c2ccc3ncc(N4CCOCC4)nc3c2)c1. The van der Waals surface area contributed by atoms with Gasteiger partial charge in [-0.1, -0.05) is 23.7 Å². The van der Waals surface area contributed by atoms with Crippen LogP contribution < -0.4 is 10.6 Å². The number of rotatable bonds is 3. The molecule has 25 heavy (non-hydrogen) atoms. The molecule has 1 aromatic heterocycles. The van der Waals surface area contributed by atoms with E-state index in [4.69, 9.17) is 27.1 Å². The van der Waals surface area contributed by atoms with Gasteiger partial charge in [0.05, 0.1) is 30.4 Å². The van der Waals surface area contributed by atoms with Gasteiger partial charge in [-0.05, 0) is 35.4 Å². The molecule has 1 saturated heterocycles. The summed E-state index contributed by atoms with van der Waals surface area (Å²) >= 11 is 6.39. The normalized spacial score (nSPS) is 14.9. The summed E-state index contributed by atoms with van der Waals surface area (Å²) in [6, 6.07) is 11.9. The first-order chi connectivity index (χ1) is 12.2. The molecule has 1 fully saturated rings. The van der Waals surface area contributed by atoms with Crippen LogP contribution in [0.4, 0.5) is 5.82 Å². The van der Waals surface area contributed by atoms with E-state index in [9.17, 15) is 0 Å². The Bertz CT molecular complexity index is 909. The van der Waals surface area contributed by atoms with Crippen molar-refractivity contribution in [3.8, 4) is 11.1 Å². The summed E-state index contributed by atoms with van der Waals surface area (Å²) in [7, 11) is 0. The van der Waals surface area contributed by atoms with Crippen molar-refractivity contribution in [1.82, 2.24) is 9.97 Å². The maximum atomic E-state index is 6.39. The molecule has 1 aliphatic rings. The Morgan fingerprint density at radius 3 is 2.72 bits per heavy atom. The van der Waals surface area contributed by atoms with E-state index in [1.165, 1.54) is 0 Å². The van der Waals surface area contributed by atoms with E-state index in [1.807, 2.05) is 42.6 Å². The number of morpholine rings is 1. The molecule has 128 valence electrons. The van der Waals surface area contributed by atoms with Crippen LogP contribution in [0.25, 0.3) is 22.2 Å². The average molecular weight is 355 g/mol. The monoisotopic (exact) mass is 354 g/mol. The fraction of sp³-hybridized carbons (Fsp3) is 0.263. The molecule has 0 amide bonds. The Kier molecular flexibility index (Phi) is 4.53. The highest BCUT2D eigenvalue weighted by Crippen LogP contribution is 2.31. The average Bonchev–Trinajstić information content (AvgIpc) is 2.68. The van der Waals surface area contributed by atoms with Gasteiger partial charge in [0, 0.05) is 30.2 Å². The van der Waals surface area contributed by atoms with Gasteiger partial charge in [0.15, 0.2) is 0 Å². The number of aromatic nitrogens is 2. The largest absolute Gasteiger partial charge is 0.378 e. The topological polar surface area (TPSA) is 64.3 Å². The van der Waals surface area contributed by atoms with Crippen LogP contribution >= 0.6 is 11.6 Å². The van der Waals surface area contributed by atoms with E-state index >= 15 is 0 Å². The molecule has 0 spiro atoms. The third-order valence-corrected chi connectivity index (χ3v) is 4.77.